The fourth-order valence-corrected chi connectivity index (χ4v) is 3.66. The van der Waals surface area contributed by atoms with Crippen LogP contribution >= 0.6 is 0 Å². The summed E-state index contributed by atoms with van der Waals surface area (Å²) in [4.78, 5) is 4.31. The minimum absolute atomic E-state index is 0.818. The maximum Gasteiger partial charge on any atom is 0.354 e. The summed E-state index contributed by atoms with van der Waals surface area (Å²) in [5.74, 6) is 2.10. The van der Waals surface area contributed by atoms with E-state index in [1.165, 1.54) is 57.8 Å². The van der Waals surface area contributed by atoms with Crippen LogP contribution in [0.1, 0.15) is 71.1 Å². The van der Waals surface area contributed by atoms with Gasteiger partial charge in [0.15, 0.2) is 0 Å². The van der Waals surface area contributed by atoms with Gasteiger partial charge in [0.05, 0.1) is 41.8 Å². The van der Waals surface area contributed by atoms with E-state index in [2.05, 4.69) is 80.8 Å². The van der Waals surface area contributed by atoms with E-state index in [0.29, 0.717) is 0 Å². The molecule has 28 heavy (non-hydrogen) atoms. The molecule has 0 unspecified atom stereocenters. The van der Waals surface area contributed by atoms with Crippen molar-refractivity contribution in [1.82, 2.24) is 4.90 Å². The van der Waals surface area contributed by atoms with Crippen molar-refractivity contribution in [3.05, 3.63) is 24.3 Å². The SMILES string of the molecule is CCCCCCCCCCCCOc1ccc(N(C)C(N(C)C)=[N+](C)C)cc1. The number of guanidine groups is 1. The summed E-state index contributed by atoms with van der Waals surface area (Å²) in [7, 11) is 10.4. The average molecular weight is 391 g/mol. The molecule has 0 aliphatic heterocycles. The van der Waals surface area contributed by atoms with Gasteiger partial charge in [-0.15, -0.1) is 0 Å². The van der Waals surface area contributed by atoms with Crippen molar-refractivity contribution >= 4 is 11.6 Å². The van der Waals surface area contributed by atoms with Gasteiger partial charge < -0.3 is 4.74 Å². The summed E-state index contributed by atoms with van der Waals surface area (Å²) < 4.78 is 8.04. The van der Waals surface area contributed by atoms with Crippen LogP contribution in [0.2, 0.25) is 0 Å². The highest BCUT2D eigenvalue weighted by Crippen LogP contribution is 2.19. The van der Waals surface area contributed by atoms with E-state index in [1.54, 1.807) is 0 Å². The molecule has 0 bridgehead atoms. The Bertz CT molecular complexity index is 547. The Kier molecular flexibility index (Phi) is 12.4. The van der Waals surface area contributed by atoms with Crippen LogP contribution in [0.25, 0.3) is 0 Å². The number of benzene rings is 1. The first-order valence-electron chi connectivity index (χ1n) is 11.2. The highest BCUT2D eigenvalue weighted by Gasteiger charge is 2.20. The molecule has 4 heteroatoms. The molecule has 0 heterocycles. The first-order chi connectivity index (χ1) is 13.5. The van der Waals surface area contributed by atoms with Gasteiger partial charge in [0.2, 0.25) is 0 Å². The predicted octanol–water partition coefficient (Wildman–Crippen LogP) is 5.61. The minimum Gasteiger partial charge on any atom is -0.494 e. The molecule has 1 rings (SSSR count). The zero-order valence-corrected chi connectivity index (χ0v) is 19.3. The second kappa shape index (κ2) is 14.3. The highest BCUT2D eigenvalue weighted by atomic mass is 16.5. The van der Waals surface area contributed by atoms with Gasteiger partial charge in [-0.25, -0.2) is 4.90 Å². The lowest BCUT2D eigenvalue weighted by Crippen LogP contribution is -2.43. The van der Waals surface area contributed by atoms with Gasteiger partial charge in [-0.2, -0.15) is 0 Å². The molecule has 0 spiro atoms. The van der Waals surface area contributed by atoms with Crippen LogP contribution in [-0.4, -0.2) is 57.3 Å². The number of anilines is 1. The van der Waals surface area contributed by atoms with Crippen molar-refractivity contribution in [3.63, 3.8) is 0 Å². The lowest BCUT2D eigenvalue weighted by molar-refractivity contribution is -0.470. The topological polar surface area (TPSA) is 18.7 Å². The molecule has 0 aliphatic rings. The van der Waals surface area contributed by atoms with E-state index in [4.69, 9.17) is 4.74 Å². The van der Waals surface area contributed by atoms with Crippen LogP contribution in [0.5, 0.6) is 5.75 Å². The van der Waals surface area contributed by atoms with Gasteiger partial charge in [-0.3, -0.25) is 9.48 Å². The Labute approximate surface area is 174 Å². The molecule has 1 aromatic rings. The van der Waals surface area contributed by atoms with Crippen molar-refractivity contribution in [1.29, 1.82) is 0 Å². The molecule has 0 aromatic heterocycles. The van der Waals surface area contributed by atoms with Crippen LogP contribution in [0, 0.1) is 0 Å². The normalized spacial score (nSPS) is 10.6. The first-order valence-corrected chi connectivity index (χ1v) is 11.2. The van der Waals surface area contributed by atoms with E-state index in [9.17, 15) is 0 Å². The third kappa shape index (κ3) is 9.48. The Morgan fingerprint density at radius 2 is 1.29 bits per heavy atom. The summed E-state index contributed by atoms with van der Waals surface area (Å²) in [5, 5.41) is 0. The summed E-state index contributed by atoms with van der Waals surface area (Å²) >= 11 is 0. The quantitative estimate of drug-likeness (QED) is 0.189. The number of nitrogens with zero attached hydrogens (tertiary/aromatic N) is 3. The fraction of sp³-hybridized carbons (Fsp3) is 0.708. The Hall–Kier alpha value is -1.71. The van der Waals surface area contributed by atoms with E-state index >= 15 is 0 Å². The van der Waals surface area contributed by atoms with E-state index < -0.39 is 0 Å². The summed E-state index contributed by atoms with van der Waals surface area (Å²) in [6, 6.07) is 8.40. The van der Waals surface area contributed by atoms with Gasteiger partial charge >= 0.3 is 5.96 Å². The average Bonchev–Trinajstić information content (AvgIpc) is 2.66. The largest absolute Gasteiger partial charge is 0.494 e. The third-order valence-corrected chi connectivity index (χ3v) is 5.09. The Morgan fingerprint density at radius 1 is 0.786 bits per heavy atom. The van der Waals surface area contributed by atoms with Crippen LogP contribution in [0.4, 0.5) is 5.69 Å². The molecule has 4 nitrogen and oxygen atoms in total. The van der Waals surface area contributed by atoms with Crippen molar-refractivity contribution in [2.75, 3.05) is 46.7 Å². The first kappa shape index (κ1) is 24.3. The number of hydrogen-bond donors (Lipinski definition) is 0. The number of ether oxygens (including phenoxy) is 1. The molecule has 0 atom stereocenters. The van der Waals surface area contributed by atoms with Crippen LogP contribution < -0.4 is 9.64 Å². The zero-order valence-electron chi connectivity index (χ0n) is 19.3. The third-order valence-electron chi connectivity index (χ3n) is 5.09. The Balaban J connectivity index is 2.23. The number of hydrogen-bond acceptors (Lipinski definition) is 1. The van der Waals surface area contributed by atoms with Crippen molar-refractivity contribution in [2.24, 2.45) is 0 Å². The second-order valence-corrected chi connectivity index (χ2v) is 8.17. The molecule has 0 radical (unpaired) electrons. The molecule has 0 amide bonds. The maximum atomic E-state index is 5.92. The molecule has 1 aromatic carbocycles. The zero-order chi connectivity index (χ0) is 20.8. The molecule has 0 fully saturated rings. The summed E-state index contributed by atoms with van der Waals surface area (Å²) in [5.41, 5.74) is 1.16. The van der Waals surface area contributed by atoms with Crippen molar-refractivity contribution < 1.29 is 9.31 Å². The molecule has 0 saturated heterocycles. The van der Waals surface area contributed by atoms with E-state index in [0.717, 1.165) is 30.4 Å². The highest BCUT2D eigenvalue weighted by molar-refractivity contribution is 5.91. The molecule has 0 saturated carbocycles. The van der Waals surface area contributed by atoms with E-state index in [-0.39, 0.29) is 0 Å². The molecule has 0 aliphatic carbocycles. The minimum atomic E-state index is 0.818. The predicted molar refractivity (Wildman–Crippen MR) is 123 cm³/mol. The summed E-state index contributed by atoms with van der Waals surface area (Å²) in [6.07, 6.45) is 13.5. The van der Waals surface area contributed by atoms with Crippen LogP contribution in [0.3, 0.4) is 0 Å². The van der Waals surface area contributed by atoms with Gasteiger partial charge in [-0.1, -0.05) is 64.7 Å². The van der Waals surface area contributed by atoms with Gasteiger partial charge in [0.1, 0.15) is 11.4 Å². The second-order valence-electron chi connectivity index (χ2n) is 8.17. The lowest BCUT2D eigenvalue weighted by Gasteiger charge is -2.21. The number of rotatable bonds is 13. The smallest absolute Gasteiger partial charge is 0.354 e. The van der Waals surface area contributed by atoms with Crippen molar-refractivity contribution in [3.8, 4) is 5.75 Å². The van der Waals surface area contributed by atoms with Gasteiger partial charge in [0.25, 0.3) is 0 Å². The molecular formula is C24H44N3O+. The lowest BCUT2D eigenvalue weighted by atomic mass is 10.1. The molecular weight excluding hydrogens is 346 g/mol. The van der Waals surface area contributed by atoms with Gasteiger partial charge in [0, 0.05) is 0 Å². The monoisotopic (exact) mass is 390 g/mol. The standard InChI is InChI=1S/C24H44N3O/c1-7-8-9-10-11-12-13-14-15-16-21-28-23-19-17-22(18-20-23)27(6)24(25(2)3)26(4)5/h17-20H,7-16,21H2,1-6H3/q+1. The summed E-state index contributed by atoms with van der Waals surface area (Å²) in [6.45, 7) is 3.10. The Morgan fingerprint density at radius 3 is 1.75 bits per heavy atom. The van der Waals surface area contributed by atoms with E-state index in [1.807, 2.05) is 0 Å². The van der Waals surface area contributed by atoms with Crippen LogP contribution in [0.15, 0.2) is 24.3 Å². The van der Waals surface area contributed by atoms with Gasteiger partial charge in [-0.05, 0) is 30.7 Å². The van der Waals surface area contributed by atoms with Crippen LogP contribution in [-0.2, 0) is 0 Å². The van der Waals surface area contributed by atoms with Crippen molar-refractivity contribution in [2.45, 2.75) is 71.1 Å². The maximum absolute atomic E-state index is 5.92. The fourth-order valence-electron chi connectivity index (χ4n) is 3.66. The molecule has 0 N–H and O–H groups in total. The molecule has 160 valence electrons. The number of unbranched alkanes of at least 4 members (excludes halogenated alkanes) is 9.